The standard InChI is InChI=1S/C19H18N4O3/c24-18-7-5-16(11-20-18)26-19-8-6-15(12-21-19)25-14-3-1-13(2-4-14)17-9-10-22-23-17/h1-4,6,8-10,12,16H,5,7,11H2,(H,20,24)(H,22,23)/t16-/m1/s1. The monoisotopic (exact) mass is 350 g/mol. The van der Waals surface area contributed by atoms with E-state index < -0.39 is 0 Å². The fraction of sp³-hybridized carbons (Fsp3) is 0.211. The average molecular weight is 350 g/mol. The fourth-order valence-electron chi connectivity index (χ4n) is 2.73. The van der Waals surface area contributed by atoms with Gasteiger partial charge < -0.3 is 14.8 Å². The number of carbonyl (C=O) groups is 1. The molecule has 7 heteroatoms. The van der Waals surface area contributed by atoms with Crippen LogP contribution >= 0.6 is 0 Å². The molecule has 0 unspecified atom stereocenters. The van der Waals surface area contributed by atoms with Crippen LogP contribution in [0.25, 0.3) is 11.3 Å². The Kier molecular flexibility index (Phi) is 4.51. The molecule has 132 valence electrons. The topological polar surface area (TPSA) is 89.1 Å². The first-order valence-corrected chi connectivity index (χ1v) is 8.43. The van der Waals surface area contributed by atoms with Crippen LogP contribution in [-0.2, 0) is 4.79 Å². The van der Waals surface area contributed by atoms with E-state index in [1.165, 1.54) is 0 Å². The van der Waals surface area contributed by atoms with Gasteiger partial charge in [0.25, 0.3) is 0 Å². The number of piperidine rings is 1. The van der Waals surface area contributed by atoms with Crippen LogP contribution in [-0.4, -0.2) is 33.7 Å². The van der Waals surface area contributed by atoms with E-state index in [-0.39, 0.29) is 12.0 Å². The predicted molar refractivity (Wildman–Crippen MR) is 95.0 cm³/mol. The number of nitrogens with one attached hydrogen (secondary N) is 2. The van der Waals surface area contributed by atoms with Crippen molar-refractivity contribution in [2.75, 3.05) is 6.54 Å². The van der Waals surface area contributed by atoms with Gasteiger partial charge in [-0.15, -0.1) is 0 Å². The van der Waals surface area contributed by atoms with Crippen LogP contribution in [0.2, 0.25) is 0 Å². The van der Waals surface area contributed by atoms with Crippen molar-refractivity contribution >= 4 is 5.91 Å². The van der Waals surface area contributed by atoms with Crippen LogP contribution in [0, 0.1) is 0 Å². The number of rotatable bonds is 5. The molecule has 1 amide bonds. The number of nitrogens with zero attached hydrogens (tertiary/aromatic N) is 2. The van der Waals surface area contributed by atoms with Gasteiger partial charge in [0.1, 0.15) is 17.6 Å². The third kappa shape index (κ3) is 3.83. The number of carbonyl (C=O) groups excluding carboxylic acids is 1. The van der Waals surface area contributed by atoms with Gasteiger partial charge in [0.2, 0.25) is 11.8 Å². The number of H-pyrrole nitrogens is 1. The fourth-order valence-corrected chi connectivity index (χ4v) is 2.73. The number of hydrogen-bond donors (Lipinski definition) is 2. The molecule has 1 atom stereocenters. The van der Waals surface area contributed by atoms with Crippen LogP contribution < -0.4 is 14.8 Å². The maximum Gasteiger partial charge on any atom is 0.220 e. The zero-order chi connectivity index (χ0) is 17.8. The summed E-state index contributed by atoms with van der Waals surface area (Å²) in [4.78, 5) is 15.4. The first-order valence-electron chi connectivity index (χ1n) is 8.43. The van der Waals surface area contributed by atoms with Crippen LogP contribution in [0.5, 0.6) is 17.4 Å². The minimum absolute atomic E-state index is 0.0398. The number of aromatic amines is 1. The molecule has 3 heterocycles. The molecule has 1 saturated heterocycles. The Balaban J connectivity index is 1.36. The summed E-state index contributed by atoms with van der Waals surface area (Å²) < 4.78 is 11.6. The highest BCUT2D eigenvalue weighted by atomic mass is 16.5. The van der Waals surface area contributed by atoms with Gasteiger partial charge in [0.05, 0.1) is 18.4 Å². The summed E-state index contributed by atoms with van der Waals surface area (Å²) in [5, 5.41) is 9.66. The molecular weight excluding hydrogens is 332 g/mol. The minimum atomic E-state index is -0.0398. The Morgan fingerprint density at radius 1 is 1.04 bits per heavy atom. The number of hydrogen-bond acceptors (Lipinski definition) is 5. The van der Waals surface area contributed by atoms with E-state index in [2.05, 4.69) is 20.5 Å². The summed E-state index contributed by atoms with van der Waals surface area (Å²) in [7, 11) is 0. The largest absolute Gasteiger partial charge is 0.472 e. The second-order valence-electron chi connectivity index (χ2n) is 6.01. The lowest BCUT2D eigenvalue weighted by Crippen LogP contribution is -2.40. The number of pyridine rings is 1. The van der Waals surface area contributed by atoms with Gasteiger partial charge >= 0.3 is 0 Å². The maximum atomic E-state index is 11.2. The molecule has 2 aromatic heterocycles. The van der Waals surface area contributed by atoms with E-state index in [4.69, 9.17) is 9.47 Å². The molecule has 1 fully saturated rings. The summed E-state index contributed by atoms with van der Waals surface area (Å²) in [5.41, 5.74) is 2.00. The molecular formula is C19H18N4O3. The molecule has 7 nitrogen and oxygen atoms in total. The lowest BCUT2D eigenvalue weighted by atomic mass is 10.1. The Morgan fingerprint density at radius 3 is 2.54 bits per heavy atom. The molecule has 26 heavy (non-hydrogen) atoms. The van der Waals surface area contributed by atoms with E-state index in [0.717, 1.165) is 17.0 Å². The summed E-state index contributed by atoms with van der Waals surface area (Å²) >= 11 is 0. The zero-order valence-electron chi connectivity index (χ0n) is 14.0. The van der Waals surface area contributed by atoms with Crippen molar-refractivity contribution in [1.29, 1.82) is 0 Å². The molecule has 1 aliphatic rings. The smallest absolute Gasteiger partial charge is 0.220 e. The molecule has 4 rings (SSSR count). The van der Waals surface area contributed by atoms with Crippen LogP contribution in [0.4, 0.5) is 0 Å². The zero-order valence-corrected chi connectivity index (χ0v) is 14.0. The van der Waals surface area contributed by atoms with Gasteiger partial charge in [-0.3, -0.25) is 9.89 Å². The van der Waals surface area contributed by atoms with Gasteiger partial charge in [-0.05, 0) is 48.4 Å². The highest BCUT2D eigenvalue weighted by Gasteiger charge is 2.19. The molecule has 0 radical (unpaired) electrons. The van der Waals surface area contributed by atoms with Crippen molar-refractivity contribution in [2.45, 2.75) is 18.9 Å². The Hall–Kier alpha value is -3.35. The first kappa shape index (κ1) is 16.1. The third-order valence-corrected chi connectivity index (χ3v) is 4.12. The quantitative estimate of drug-likeness (QED) is 0.738. The normalized spacial score (nSPS) is 16.8. The Bertz CT molecular complexity index is 851. The van der Waals surface area contributed by atoms with E-state index in [9.17, 15) is 4.79 Å². The van der Waals surface area contributed by atoms with E-state index >= 15 is 0 Å². The highest BCUT2D eigenvalue weighted by molar-refractivity contribution is 5.76. The summed E-state index contributed by atoms with van der Waals surface area (Å²) in [5.74, 6) is 1.94. The molecule has 0 spiro atoms. The molecule has 0 aliphatic carbocycles. The molecule has 2 N–H and O–H groups in total. The summed E-state index contributed by atoms with van der Waals surface area (Å²) in [6.07, 6.45) is 4.49. The van der Waals surface area contributed by atoms with E-state index in [0.29, 0.717) is 31.0 Å². The Labute approximate surface area is 150 Å². The second kappa shape index (κ2) is 7.26. The van der Waals surface area contributed by atoms with Crippen molar-refractivity contribution in [2.24, 2.45) is 0 Å². The molecule has 1 aromatic carbocycles. The van der Waals surface area contributed by atoms with E-state index in [1.54, 1.807) is 18.5 Å². The SMILES string of the molecule is O=C1CC[C@@H](Oc2ccc(Oc3ccc(-c4ccn[nH]4)cc3)cn2)CN1. The van der Waals surface area contributed by atoms with Crippen molar-refractivity contribution in [3.63, 3.8) is 0 Å². The first-order chi connectivity index (χ1) is 12.8. The average Bonchev–Trinajstić information content (AvgIpc) is 3.21. The molecule has 0 saturated carbocycles. The summed E-state index contributed by atoms with van der Waals surface area (Å²) in [6.45, 7) is 0.515. The van der Waals surface area contributed by atoms with Crippen molar-refractivity contribution in [1.82, 2.24) is 20.5 Å². The second-order valence-corrected chi connectivity index (χ2v) is 6.01. The summed E-state index contributed by atoms with van der Waals surface area (Å²) in [6, 6.07) is 13.2. The van der Waals surface area contributed by atoms with E-state index in [1.807, 2.05) is 36.4 Å². The number of benzene rings is 1. The number of ether oxygens (including phenoxy) is 2. The highest BCUT2D eigenvalue weighted by Crippen LogP contribution is 2.25. The lowest BCUT2D eigenvalue weighted by Gasteiger charge is -2.22. The third-order valence-electron chi connectivity index (χ3n) is 4.12. The molecule has 0 bridgehead atoms. The predicted octanol–water partition coefficient (Wildman–Crippen LogP) is 2.92. The van der Waals surface area contributed by atoms with Crippen molar-refractivity contribution in [3.05, 3.63) is 54.9 Å². The number of aromatic nitrogens is 3. The maximum absolute atomic E-state index is 11.2. The van der Waals surface area contributed by atoms with Gasteiger partial charge in [0.15, 0.2) is 0 Å². The molecule has 1 aliphatic heterocycles. The van der Waals surface area contributed by atoms with Crippen molar-refractivity contribution < 1.29 is 14.3 Å². The van der Waals surface area contributed by atoms with Gasteiger partial charge in [-0.25, -0.2) is 4.98 Å². The Morgan fingerprint density at radius 2 is 1.88 bits per heavy atom. The van der Waals surface area contributed by atoms with Gasteiger partial charge in [-0.2, -0.15) is 5.10 Å². The number of amides is 1. The minimum Gasteiger partial charge on any atom is -0.472 e. The van der Waals surface area contributed by atoms with Crippen molar-refractivity contribution in [3.8, 4) is 28.6 Å². The molecule has 3 aromatic rings. The van der Waals surface area contributed by atoms with Crippen LogP contribution in [0.1, 0.15) is 12.8 Å². The lowest BCUT2D eigenvalue weighted by molar-refractivity contribution is -0.123. The van der Waals surface area contributed by atoms with Gasteiger partial charge in [-0.1, -0.05) is 0 Å². The van der Waals surface area contributed by atoms with Crippen LogP contribution in [0.3, 0.4) is 0 Å². The van der Waals surface area contributed by atoms with Crippen LogP contribution in [0.15, 0.2) is 54.9 Å². The van der Waals surface area contributed by atoms with Gasteiger partial charge in [0, 0.05) is 18.7 Å².